The van der Waals surface area contributed by atoms with Crippen LogP contribution in [0.2, 0.25) is 5.02 Å². The third-order valence-electron chi connectivity index (χ3n) is 3.10. The Labute approximate surface area is 128 Å². The normalized spacial score (nSPS) is 10.1. The zero-order valence-corrected chi connectivity index (χ0v) is 12.8. The van der Waals surface area contributed by atoms with Crippen LogP contribution in [0.5, 0.6) is 11.5 Å². The van der Waals surface area contributed by atoms with Crippen molar-refractivity contribution in [3.05, 3.63) is 52.5 Å². The number of benzene rings is 2. The first-order valence-corrected chi connectivity index (χ1v) is 6.72. The van der Waals surface area contributed by atoms with Crippen molar-refractivity contribution < 1.29 is 14.3 Å². The molecule has 0 saturated heterocycles. The quantitative estimate of drug-likeness (QED) is 0.931. The van der Waals surface area contributed by atoms with Crippen molar-refractivity contribution in [2.45, 2.75) is 6.92 Å². The van der Waals surface area contributed by atoms with E-state index in [0.29, 0.717) is 27.8 Å². The number of ether oxygens (including phenoxy) is 2. The number of anilines is 1. The lowest BCUT2D eigenvalue weighted by atomic mass is 10.1. The summed E-state index contributed by atoms with van der Waals surface area (Å²) in [6, 6.07) is 10.3. The summed E-state index contributed by atoms with van der Waals surface area (Å²) in [4.78, 5) is 12.3. The first kappa shape index (κ1) is 15.2. The van der Waals surface area contributed by atoms with Gasteiger partial charge in [-0.25, -0.2) is 0 Å². The molecule has 0 aliphatic rings. The van der Waals surface area contributed by atoms with Crippen molar-refractivity contribution in [1.82, 2.24) is 0 Å². The van der Waals surface area contributed by atoms with Gasteiger partial charge in [0.1, 0.15) is 11.5 Å². The fraction of sp³-hybridized carbons (Fsp3) is 0.188. The molecule has 1 N–H and O–H groups in total. The van der Waals surface area contributed by atoms with E-state index in [1.165, 1.54) is 0 Å². The fourth-order valence-corrected chi connectivity index (χ4v) is 2.18. The molecule has 2 aromatic carbocycles. The number of hydrogen-bond donors (Lipinski definition) is 1. The molecule has 0 saturated carbocycles. The van der Waals surface area contributed by atoms with Crippen molar-refractivity contribution in [3.8, 4) is 11.5 Å². The smallest absolute Gasteiger partial charge is 0.255 e. The Morgan fingerprint density at radius 2 is 1.71 bits per heavy atom. The molecule has 0 aromatic heterocycles. The highest BCUT2D eigenvalue weighted by Gasteiger charge is 2.13. The molecular weight excluding hydrogens is 290 g/mol. The second-order valence-electron chi connectivity index (χ2n) is 4.47. The van der Waals surface area contributed by atoms with Crippen LogP contribution in [0.25, 0.3) is 0 Å². The first-order chi connectivity index (χ1) is 10.0. The maximum absolute atomic E-state index is 12.3. The SMILES string of the molecule is COc1cc(C(=O)Nc2cccc(Cl)c2)cc(OC)c1C. The first-order valence-electron chi connectivity index (χ1n) is 6.34. The lowest BCUT2D eigenvalue weighted by Crippen LogP contribution is -2.12. The van der Waals surface area contributed by atoms with E-state index in [1.807, 2.05) is 6.92 Å². The second kappa shape index (κ2) is 6.50. The van der Waals surface area contributed by atoms with Crippen molar-refractivity contribution in [1.29, 1.82) is 0 Å². The molecule has 0 fully saturated rings. The van der Waals surface area contributed by atoms with Gasteiger partial charge in [-0.15, -0.1) is 0 Å². The van der Waals surface area contributed by atoms with Crippen molar-refractivity contribution in [2.75, 3.05) is 19.5 Å². The number of methoxy groups -OCH3 is 2. The topological polar surface area (TPSA) is 47.6 Å². The molecule has 0 bridgehead atoms. The summed E-state index contributed by atoms with van der Waals surface area (Å²) in [6.07, 6.45) is 0. The summed E-state index contributed by atoms with van der Waals surface area (Å²) in [5.74, 6) is 0.949. The molecule has 0 unspecified atom stereocenters. The molecule has 4 nitrogen and oxygen atoms in total. The summed E-state index contributed by atoms with van der Waals surface area (Å²) < 4.78 is 10.5. The van der Waals surface area contributed by atoms with Gasteiger partial charge in [-0.3, -0.25) is 4.79 Å². The van der Waals surface area contributed by atoms with Gasteiger partial charge in [0.25, 0.3) is 5.91 Å². The van der Waals surface area contributed by atoms with E-state index >= 15 is 0 Å². The highest BCUT2D eigenvalue weighted by atomic mass is 35.5. The van der Waals surface area contributed by atoms with Gasteiger partial charge in [0, 0.05) is 21.8 Å². The van der Waals surface area contributed by atoms with E-state index < -0.39 is 0 Å². The highest BCUT2D eigenvalue weighted by Crippen LogP contribution is 2.29. The number of nitrogens with one attached hydrogen (secondary N) is 1. The zero-order chi connectivity index (χ0) is 15.4. The van der Waals surface area contributed by atoms with E-state index in [-0.39, 0.29) is 5.91 Å². The number of halogens is 1. The van der Waals surface area contributed by atoms with Gasteiger partial charge in [-0.2, -0.15) is 0 Å². The lowest BCUT2D eigenvalue weighted by Gasteiger charge is -2.12. The Morgan fingerprint density at radius 3 is 2.24 bits per heavy atom. The Kier molecular flexibility index (Phi) is 4.70. The van der Waals surface area contributed by atoms with Crippen LogP contribution in [-0.4, -0.2) is 20.1 Å². The van der Waals surface area contributed by atoms with Crippen molar-refractivity contribution >= 4 is 23.2 Å². The van der Waals surface area contributed by atoms with Gasteiger partial charge in [0.05, 0.1) is 14.2 Å². The van der Waals surface area contributed by atoms with Crippen LogP contribution < -0.4 is 14.8 Å². The third kappa shape index (κ3) is 3.47. The van der Waals surface area contributed by atoms with Gasteiger partial charge in [0.15, 0.2) is 0 Å². The molecular formula is C16H16ClNO3. The monoisotopic (exact) mass is 305 g/mol. The summed E-state index contributed by atoms with van der Waals surface area (Å²) >= 11 is 5.90. The Balaban J connectivity index is 2.31. The highest BCUT2D eigenvalue weighted by molar-refractivity contribution is 6.30. The van der Waals surface area contributed by atoms with E-state index in [2.05, 4.69) is 5.32 Å². The number of rotatable bonds is 4. The summed E-state index contributed by atoms with van der Waals surface area (Å²) in [6.45, 7) is 1.87. The molecule has 0 spiro atoms. The zero-order valence-electron chi connectivity index (χ0n) is 12.1. The number of hydrogen-bond acceptors (Lipinski definition) is 3. The second-order valence-corrected chi connectivity index (χ2v) is 4.91. The molecule has 0 atom stereocenters. The largest absolute Gasteiger partial charge is 0.496 e. The minimum Gasteiger partial charge on any atom is -0.496 e. The Bertz CT molecular complexity index is 645. The molecule has 0 heterocycles. The third-order valence-corrected chi connectivity index (χ3v) is 3.33. The van der Waals surface area contributed by atoms with Crippen LogP contribution in [0.15, 0.2) is 36.4 Å². The van der Waals surface area contributed by atoms with Crippen LogP contribution in [0.1, 0.15) is 15.9 Å². The van der Waals surface area contributed by atoms with E-state index in [1.54, 1.807) is 50.6 Å². The maximum atomic E-state index is 12.3. The minimum absolute atomic E-state index is 0.256. The standard InChI is InChI=1S/C16H16ClNO3/c1-10-14(20-2)7-11(8-15(10)21-3)16(19)18-13-6-4-5-12(17)9-13/h4-9H,1-3H3,(H,18,19). The van der Waals surface area contributed by atoms with Crippen LogP contribution in [0.3, 0.4) is 0 Å². The van der Waals surface area contributed by atoms with E-state index in [4.69, 9.17) is 21.1 Å². The average Bonchev–Trinajstić information content (AvgIpc) is 2.47. The maximum Gasteiger partial charge on any atom is 0.255 e. The van der Waals surface area contributed by atoms with Crippen LogP contribution in [0.4, 0.5) is 5.69 Å². The van der Waals surface area contributed by atoms with E-state index in [0.717, 1.165) is 5.56 Å². The average molecular weight is 306 g/mol. The van der Waals surface area contributed by atoms with Gasteiger partial charge in [-0.1, -0.05) is 17.7 Å². The lowest BCUT2D eigenvalue weighted by molar-refractivity contribution is 0.102. The Morgan fingerprint density at radius 1 is 1.10 bits per heavy atom. The summed E-state index contributed by atoms with van der Waals surface area (Å²) in [5, 5.41) is 3.35. The molecule has 5 heteroatoms. The van der Waals surface area contributed by atoms with Crippen molar-refractivity contribution in [2.24, 2.45) is 0 Å². The molecule has 0 radical (unpaired) electrons. The Hall–Kier alpha value is -2.20. The van der Waals surface area contributed by atoms with Crippen molar-refractivity contribution in [3.63, 3.8) is 0 Å². The summed E-state index contributed by atoms with van der Waals surface area (Å²) in [7, 11) is 3.11. The minimum atomic E-state index is -0.256. The van der Waals surface area contributed by atoms with Crippen LogP contribution in [-0.2, 0) is 0 Å². The fourth-order valence-electron chi connectivity index (χ4n) is 1.99. The number of carbonyl (C=O) groups is 1. The molecule has 0 aliphatic carbocycles. The predicted molar refractivity (Wildman–Crippen MR) is 83.7 cm³/mol. The van der Waals surface area contributed by atoms with Gasteiger partial charge in [-0.05, 0) is 37.3 Å². The number of amides is 1. The molecule has 2 rings (SSSR count). The molecule has 110 valence electrons. The molecule has 1 amide bonds. The molecule has 21 heavy (non-hydrogen) atoms. The molecule has 2 aromatic rings. The summed E-state index contributed by atoms with van der Waals surface area (Å²) in [5.41, 5.74) is 1.93. The van der Waals surface area contributed by atoms with Gasteiger partial charge < -0.3 is 14.8 Å². The van der Waals surface area contributed by atoms with E-state index in [9.17, 15) is 4.79 Å². The van der Waals surface area contributed by atoms with Gasteiger partial charge in [0.2, 0.25) is 0 Å². The van der Waals surface area contributed by atoms with Crippen LogP contribution in [0, 0.1) is 6.92 Å². The molecule has 0 aliphatic heterocycles. The van der Waals surface area contributed by atoms with Crippen LogP contribution >= 0.6 is 11.6 Å². The van der Waals surface area contributed by atoms with Gasteiger partial charge >= 0.3 is 0 Å². The number of carbonyl (C=O) groups excluding carboxylic acids is 1. The predicted octanol–water partition coefficient (Wildman–Crippen LogP) is 3.92.